The summed E-state index contributed by atoms with van der Waals surface area (Å²) in [6.07, 6.45) is -11.1. The molecule has 0 spiro atoms. The number of carbonyl (C=O) groups excluding carboxylic acids is 2. The predicted octanol–water partition coefficient (Wildman–Crippen LogP) is 6.12. The number of amides is 2. The van der Waals surface area contributed by atoms with Gasteiger partial charge in [-0.15, -0.1) is 0 Å². The lowest BCUT2D eigenvalue weighted by Crippen LogP contribution is -2.55. The SMILES string of the molecule is CC(=O)N1[C@@H]2CC[C@H]1CC(C(=O)N1CC[C@@]3(S(=O)(=O)c4ccc(F)cc4)c4ccc(C(F)(C(F)(F)F)C(F)(F)F)cc4CC[C@@H]13)C2. The van der Waals surface area contributed by atoms with E-state index in [1.54, 1.807) is 4.90 Å². The molecule has 46 heavy (non-hydrogen) atoms. The Labute approximate surface area is 259 Å². The smallest absolute Gasteiger partial charge is 0.337 e. The minimum atomic E-state index is -6.36. The highest BCUT2D eigenvalue weighted by Crippen LogP contribution is 2.57. The van der Waals surface area contributed by atoms with E-state index in [4.69, 9.17) is 0 Å². The van der Waals surface area contributed by atoms with E-state index < -0.39 is 55.9 Å². The Balaban J connectivity index is 1.45. The molecule has 1 aliphatic carbocycles. The van der Waals surface area contributed by atoms with Crippen LogP contribution in [-0.4, -0.2) is 67.1 Å². The second-order valence-electron chi connectivity index (χ2n) is 12.7. The average Bonchev–Trinajstić information content (AvgIpc) is 3.51. The number of piperidine rings is 1. The molecule has 2 bridgehead atoms. The van der Waals surface area contributed by atoms with E-state index in [1.165, 1.54) is 11.8 Å². The molecule has 3 saturated heterocycles. The molecule has 4 aliphatic rings. The summed E-state index contributed by atoms with van der Waals surface area (Å²) in [7, 11) is -4.57. The van der Waals surface area contributed by atoms with Crippen LogP contribution in [0.1, 0.15) is 62.1 Å². The molecule has 0 radical (unpaired) electrons. The number of rotatable bonds is 4. The number of sulfone groups is 1. The van der Waals surface area contributed by atoms with Gasteiger partial charge in [0, 0.05) is 37.0 Å². The minimum absolute atomic E-state index is 0.0779. The monoisotopic (exact) mass is 678 g/mol. The number of fused-ring (bicyclic) bond motifs is 5. The third-order valence-electron chi connectivity index (χ3n) is 10.4. The Hall–Kier alpha value is -3.23. The molecule has 1 unspecified atom stereocenters. The van der Waals surface area contributed by atoms with Crippen LogP contribution in [0.15, 0.2) is 47.4 Å². The van der Waals surface area contributed by atoms with Crippen molar-refractivity contribution in [3.8, 4) is 0 Å². The molecule has 6 nitrogen and oxygen atoms in total. The fraction of sp³-hybridized carbons (Fsp3) is 0.548. The molecule has 250 valence electrons. The van der Waals surface area contributed by atoms with Crippen molar-refractivity contribution in [2.24, 2.45) is 5.92 Å². The highest BCUT2D eigenvalue weighted by molar-refractivity contribution is 7.92. The zero-order valence-electron chi connectivity index (χ0n) is 24.5. The van der Waals surface area contributed by atoms with Gasteiger partial charge in [-0.1, -0.05) is 18.2 Å². The largest absolute Gasteiger partial charge is 0.435 e. The molecular formula is C31H30F8N2O4S. The summed E-state index contributed by atoms with van der Waals surface area (Å²) in [5.74, 6) is -1.69. The molecule has 2 amide bonds. The maximum atomic E-state index is 15.0. The summed E-state index contributed by atoms with van der Waals surface area (Å²) in [5.41, 5.74) is -7.76. The lowest BCUT2D eigenvalue weighted by atomic mass is 9.76. The Morgan fingerprint density at radius 3 is 2.00 bits per heavy atom. The van der Waals surface area contributed by atoms with Gasteiger partial charge in [-0.2, -0.15) is 26.3 Å². The maximum Gasteiger partial charge on any atom is 0.435 e. The standard InChI is InChI=1S/C31H30F8N2O4S/c1-17(42)41-22-6-7-23(41)16-19(15-22)27(43)40-13-12-28(46(44,45)24-8-4-21(32)5-9-24)25-10-3-20(14-18(25)2-11-26(28)40)29(33,30(34,35)36)31(37,38)39/h3-5,8-10,14,19,22-23,26H,2,6-7,11-13,15-16H2,1H3/t19?,22-,23+,26-,28-/m1/s1. The highest BCUT2D eigenvalue weighted by Gasteiger charge is 2.74. The number of alkyl halides is 7. The first-order valence-corrected chi connectivity index (χ1v) is 16.4. The fourth-order valence-corrected chi connectivity index (χ4v) is 10.8. The third kappa shape index (κ3) is 4.57. The van der Waals surface area contributed by atoms with E-state index >= 15 is 4.39 Å². The van der Waals surface area contributed by atoms with E-state index in [0.29, 0.717) is 25.0 Å². The summed E-state index contributed by atoms with van der Waals surface area (Å²) >= 11 is 0. The molecule has 2 aromatic carbocycles. The van der Waals surface area contributed by atoms with Crippen LogP contribution in [-0.2, 0) is 36.3 Å². The van der Waals surface area contributed by atoms with Crippen molar-refractivity contribution >= 4 is 21.7 Å². The topological polar surface area (TPSA) is 74.8 Å². The van der Waals surface area contributed by atoms with Gasteiger partial charge in [-0.05, 0) is 80.3 Å². The molecule has 0 aromatic heterocycles. The first-order valence-electron chi connectivity index (χ1n) is 14.9. The summed E-state index contributed by atoms with van der Waals surface area (Å²) in [6, 6.07) is 4.02. The summed E-state index contributed by atoms with van der Waals surface area (Å²) in [5, 5.41) is 0. The quantitative estimate of drug-likeness (QED) is 0.289. The molecule has 5 atom stereocenters. The van der Waals surface area contributed by atoms with E-state index in [9.17, 15) is 48.7 Å². The first-order chi connectivity index (χ1) is 21.3. The van der Waals surface area contributed by atoms with Gasteiger partial charge in [0.1, 0.15) is 10.6 Å². The van der Waals surface area contributed by atoms with Crippen molar-refractivity contribution in [3.63, 3.8) is 0 Å². The predicted molar refractivity (Wildman–Crippen MR) is 147 cm³/mol. The molecule has 3 heterocycles. The summed E-state index contributed by atoms with van der Waals surface area (Å²) in [6.45, 7) is 1.38. The zero-order valence-corrected chi connectivity index (χ0v) is 25.3. The van der Waals surface area contributed by atoms with Gasteiger partial charge in [0.2, 0.25) is 11.8 Å². The number of aryl methyl sites for hydroxylation is 1. The van der Waals surface area contributed by atoms with Crippen LogP contribution in [0.5, 0.6) is 0 Å². The van der Waals surface area contributed by atoms with Gasteiger partial charge in [0.25, 0.3) is 0 Å². The number of nitrogens with zero attached hydrogens (tertiary/aromatic N) is 2. The van der Waals surface area contributed by atoms with Crippen LogP contribution in [0.3, 0.4) is 0 Å². The van der Waals surface area contributed by atoms with Crippen LogP contribution < -0.4 is 0 Å². The van der Waals surface area contributed by atoms with Gasteiger partial charge in [-0.25, -0.2) is 17.2 Å². The number of hydrogen-bond donors (Lipinski definition) is 0. The van der Waals surface area contributed by atoms with Gasteiger partial charge in [0.15, 0.2) is 9.84 Å². The Morgan fingerprint density at radius 1 is 0.870 bits per heavy atom. The van der Waals surface area contributed by atoms with Gasteiger partial charge in [0.05, 0.1) is 10.9 Å². The molecular weight excluding hydrogens is 648 g/mol. The van der Waals surface area contributed by atoms with Crippen LogP contribution in [0.4, 0.5) is 35.1 Å². The summed E-state index contributed by atoms with van der Waals surface area (Å²) < 4.78 is 137. The molecule has 6 rings (SSSR count). The van der Waals surface area contributed by atoms with Crippen LogP contribution in [0.25, 0.3) is 0 Å². The fourth-order valence-electron chi connectivity index (χ4n) is 8.45. The van der Waals surface area contributed by atoms with E-state index in [-0.39, 0.29) is 65.7 Å². The Kier molecular flexibility index (Phi) is 7.57. The van der Waals surface area contributed by atoms with Gasteiger partial charge in [-0.3, -0.25) is 9.59 Å². The van der Waals surface area contributed by atoms with E-state index in [1.807, 2.05) is 0 Å². The summed E-state index contributed by atoms with van der Waals surface area (Å²) in [4.78, 5) is 29.2. The second kappa shape index (κ2) is 10.6. The van der Waals surface area contributed by atoms with Crippen LogP contribution in [0.2, 0.25) is 0 Å². The van der Waals surface area contributed by atoms with Gasteiger partial charge < -0.3 is 9.80 Å². The third-order valence-corrected chi connectivity index (χ3v) is 12.9. The number of halogens is 8. The lowest BCUT2D eigenvalue weighted by Gasteiger charge is -2.44. The van der Waals surface area contributed by atoms with Crippen molar-refractivity contribution < 1.29 is 53.1 Å². The molecule has 0 N–H and O–H groups in total. The normalized spacial score (nSPS) is 28.2. The van der Waals surface area contributed by atoms with Crippen LogP contribution in [0, 0.1) is 11.7 Å². The molecule has 15 heteroatoms. The lowest BCUT2D eigenvalue weighted by molar-refractivity contribution is -0.348. The molecule has 0 saturated carbocycles. The van der Waals surface area contributed by atoms with Gasteiger partial charge >= 0.3 is 18.0 Å². The van der Waals surface area contributed by atoms with E-state index in [0.717, 1.165) is 43.2 Å². The number of hydrogen-bond acceptors (Lipinski definition) is 4. The number of carbonyl (C=O) groups is 2. The molecule has 3 fully saturated rings. The van der Waals surface area contributed by atoms with Crippen molar-refractivity contribution in [2.45, 2.75) is 97.7 Å². The Morgan fingerprint density at radius 2 is 1.46 bits per heavy atom. The second-order valence-corrected chi connectivity index (χ2v) is 14.9. The maximum absolute atomic E-state index is 15.0. The van der Waals surface area contributed by atoms with Crippen LogP contribution >= 0.6 is 0 Å². The average molecular weight is 679 g/mol. The zero-order chi connectivity index (χ0) is 33.6. The molecule has 3 aliphatic heterocycles. The number of benzene rings is 2. The highest BCUT2D eigenvalue weighted by atomic mass is 32.2. The first kappa shape index (κ1) is 32.7. The van der Waals surface area contributed by atoms with Crippen molar-refractivity contribution in [3.05, 3.63) is 65.0 Å². The Bertz CT molecular complexity index is 1650. The van der Waals surface area contributed by atoms with Crippen molar-refractivity contribution in [1.82, 2.24) is 9.80 Å². The van der Waals surface area contributed by atoms with E-state index in [2.05, 4.69) is 0 Å². The van der Waals surface area contributed by atoms with Crippen molar-refractivity contribution in [1.29, 1.82) is 0 Å². The minimum Gasteiger partial charge on any atom is -0.337 e. The number of likely N-dealkylation sites (tertiary alicyclic amines) is 1. The van der Waals surface area contributed by atoms with Crippen molar-refractivity contribution in [2.75, 3.05) is 6.54 Å². The molecule has 2 aromatic rings.